The van der Waals surface area contributed by atoms with E-state index in [1.54, 1.807) is 0 Å². The largest absolute Gasteiger partial charge is 0.506 e. The van der Waals surface area contributed by atoms with Crippen LogP contribution in [-0.2, 0) is 6.54 Å². The molecule has 0 amide bonds. The molecule has 2 N–H and O–H groups in total. The Morgan fingerprint density at radius 2 is 1.57 bits per heavy atom. The summed E-state index contributed by atoms with van der Waals surface area (Å²) in [7, 11) is 0. The van der Waals surface area contributed by atoms with Gasteiger partial charge in [0.2, 0.25) is 0 Å². The van der Waals surface area contributed by atoms with Gasteiger partial charge in [-0.05, 0) is 79.6 Å². The van der Waals surface area contributed by atoms with Crippen LogP contribution in [0, 0.1) is 10.8 Å². The Hall–Kier alpha value is -0.0600. The summed E-state index contributed by atoms with van der Waals surface area (Å²) >= 11 is 6.78. The number of nitrogens with one attached hydrogen (secondary N) is 1. The molecule has 0 spiro atoms. The van der Waals surface area contributed by atoms with Crippen molar-refractivity contribution in [1.82, 2.24) is 5.32 Å². The second-order valence-corrected chi connectivity index (χ2v) is 9.61. The highest BCUT2D eigenvalue weighted by molar-refractivity contribution is 9.11. The van der Waals surface area contributed by atoms with E-state index < -0.39 is 0 Å². The summed E-state index contributed by atoms with van der Waals surface area (Å²) in [5.74, 6) is 0.263. The molecule has 1 fully saturated rings. The number of aromatic hydroxyl groups is 1. The molecule has 1 aromatic rings. The average Bonchev–Trinajstić information content (AvgIpc) is 2.29. The fraction of sp³-hybridized carbons (Fsp3) is 0.647. The van der Waals surface area contributed by atoms with Crippen molar-refractivity contribution in [2.75, 3.05) is 0 Å². The zero-order valence-corrected chi connectivity index (χ0v) is 16.4. The highest BCUT2D eigenvalue weighted by Crippen LogP contribution is 2.45. The van der Waals surface area contributed by atoms with Crippen LogP contribution in [0.25, 0.3) is 0 Å². The third-order valence-electron chi connectivity index (χ3n) is 4.23. The topological polar surface area (TPSA) is 32.3 Å². The van der Waals surface area contributed by atoms with Crippen molar-refractivity contribution >= 4 is 31.9 Å². The van der Waals surface area contributed by atoms with Crippen LogP contribution in [0.2, 0.25) is 0 Å². The van der Waals surface area contributed by atoms with E-state index in [0.29, 0.717) is 16.9 Å². The Morgan fingerprint density at radius 1 is 1.10 bits per heavy atom. The second-order valence-electron chi connectivity index (χ2n) is 7.90. The highest BCUT2D eigenvalue weighted by Gasteiger charge is 2.38. The molecule has 0 atom stereocenters. The van der Waals surface area contributed by atoms with Crippen LogP contribution in [0.15, 0.2) is 21.1 Å². The molecule has 21 heavy (non-hydrogen) atoms. The van der Waals surface area contributed by atoms with Crippen molar-refractivity contribution in [2.45, 2.75) is 59.5 Å². The molecule has 0 saturated heterocycles. The van der Waals surface area contributed by atoms with Gasteiger partial charge >= 0.3 is 0 Å². The van der Waals surface area contributed by atoms with Gasteiger partial charge in [-0.3, -0.25) is 0 Å². The molecule has 0 radical (unpaired) electrons. The van der Waals surface area contributed by atoms with Gasteiger partial charge in [-0.2, -0.15) is 0 Å². The zero-order chi connectivity index (χ0) is 15.8. The molecule has 2 rings (SSSR count). The molecular weight excluding hydrogens is 394 g/mol. The summed E-state index contributed by atoms with van der Waals surface area (Å²) in [6.07, 6.45) is 3.72. The minimum atomic E-state index is 0.263. The molecule has 1 saturated carbocycles. The number of halogens is 2. The monoisotopic (exact) mass is 417 g/mol. The van der Waals surface area contributed by atoms with E-state index in [-0.39, 0.29) is 5.75 Å². The van der Waals surface area contributed by atoms with Crippen LogP contribution in [0.5, 0.6) is 5.75 Å². The molecule has 1 aliphatic carbocycles. The quantitative estimate of drug-likeness (QED) is 0.668. The molecule has 0 unspecified atom stereocenters. The molecule has 0 aromatic heterocycles. The summed E-state index contributed by atoms with van der Waals surface area (Å²) in [4.78, 5) is 0. The first kappa shape index (κ1) is 17.3. The molecular formula is C17H25Br2NO. The summed E-state index contributed by atoms with van der Waals surface area (Å²) in [5.41, 5.74) is 1.97. The van der Waals surface area contributed by atoms with Crippen molar-refractivity contribution in [3.63, 3.8) is 0 Å². The molecule has 2 nitrogen and oxygen atoms in total. The SMILES string of the molecule is CC1(C)CC(NCc2cc(Br)c(O)c(Br)c2)CC(C)(C)C1. The lowest BCUT2D eigenvalue weighted by Gasteiger charge is -2.45. The van der Waals surface area contributed by atoms with Crippen molar-refractivity contribution in [1.29, 1.82) is 0 Å². The molecule has 118 valence electrons. The number of hydrogen-bond donors (Lipinski definition) is 2. The molecule has 1 aromatic carbocycles. The maximum atomic E-state index is 9.77. The Balaban J connectivity index is 2.03. The van der Waals surface area contributed by atoms with Gasteiger partial charge in [0.25, 0.3) is 0 Å². The second kappa shape index (κ2) is 6.21. The highest BCUT2D eigenvalue weighted by atomic mass is 79.9. The third kappa shape index (κ3) is 4.70. The van der Waals surface area contributed by atoms with Crippen LogP contribution in [0.1, 0.15) is 52.5 Å². The van der Waals surface area contributed by atoms with Gasteiger partial charge in [-0.1, -0.05) is 27.7 Å². The van der Waals surface area contributed by atoms with Crippen LogP contribution < -0.4 is 5.32 Å². The standard InChI is InChI=1S/C17H25Br2NO/c1-16(2)7-12(8-17(3,4)10-16)20-9-11-5-13(18)15(21)14(19)6-11/h5-6,12,20-21H,7-10H2,1-4H3. The minimum Gasteiger partial charge on any atom is -0.506 e. The predicted molar refractivity (Wildman–Crippen MR) is 95.5 cm³/mol. The first-order valence-corrected chi connectivity index (χ1v) is 9.07. The maximum Gasteiger partial charge on any atom is 0.143 e. The van der Waals surface area contributed by atoms with E-state index in [4.69, 9.17) is 0 Å². The number of phenolic OH excluding ortho intramolecular Hbond substituents is 1. The summed E-state index contributed by atoms with van der Waals surface area (Å²) in [5, 5.41) is 13.5. The van der Waals surface area contributed by atoms with E-state index >= 15 is 0 Å². The van der Waals surface area contributed by atoms with Crippen molar-refractivity contribution in [3.8, 4) is 5.75 Å². The Labute approximate surface area is 145 Å². The first-order valence-electron chi connectivity index (χ1n) is 7.48. The Morgan fingerprint density at radius 3 is 2.05 bits per heavy atom. The molecule has 4 heteroatoms. The van der Waals surface area contributed by atoms with Crippen LogP contribution in [0.3, 0.4) is 0 Å². The normalized spacial score (nSPS) is 21.4. The lowest BCUT2D eigenvalue weighted by atomic mass is 9.63. The average molecular weight is 419 g/mol. The summed E-state index contributed by atoms with van der Waals surface area (Å²) < 4.78 is 1.47. The Kier molecular flexibility index (Phi) is 5.11. The van der Waals surface area contributed by atoms with E-state index in [2.05, 4.69) is 64.9 Å². The number of benzene rings is 1. The number of rotatable bonds is 3. The van der Waals surface area contributed by atoms with Crippen molar-refractivity contribution < 1.29 is 5.11 Å². The predicted octanol–water partition coefficient (Wildman–Crippen LogP) is 5.61. The van der Waals surface area contributed by atoms with Gasteiger partial charge in [-0.15, -0.1) is 0 Å². The number of phenols is 1. The van der Waals surface area contributed by atoms with Gasteiger partial charge < -0.3 is 10.4 Å². The molecule has 1 aliphatic rings. The summed E-state index contributed by atoms with van der Waals surface area (Å²) in [6.45, 7) is 10.3. The van der Waals surface area contributed by atoms with Gasteiger partial charge in [0.15, 0.2) is 0 Å². The third-order valence-corrected chi connectivity index (χ3v) is 5.44. The van der Waals surface area contributed by atoms with E-state index in [9.17, 15) is 5.11 Å². The fourth-order valence-corrected chi connectivity index (χ4v) is 5.25. The Bertz CT molecular complexity index is 487. The van der Waals surface area contributed by atoms with Gasteiger partial charge in [-0.25, -0.2) is 0 Å². The minimum absolute atomic E-state index is 0.263. The fourth-order valence-electron chi connectivity index (χ4n) is 3.97. The van der Waals surface area contributed by atoms with Crippen molar-refractivity contribution in [2.24, 2.45) is 10.8 Å². The zero-order valence-electron chi connectivity index (χ0n) is 13.3. The number of hydrogen-bond acceptors (Lipinski definition) is 2. The van der Waals surface area contributed by atoms with E-state index in [1.807, 2.05) is 12.1 Å². The van der Waals surface area contributed by atoms with E-state index in [1.165, 1.54) is 24.8 Å². The lowest BCUT2D eigenvalue weighted by Crippen LogP contribution is -2.43. The molecule has 0 heterocycles. The van der Waals surface area contributed by atoms with Gasteiger partial charge in [0, 0.05) is 12.6 Å². The summed E-state index contributed by atoms with van der Waals surface area (Å²) in [6, 6.07) is 4.51. The lowest BCUT2D eigenvalue weighted by molar-refractivity contribution is 0.0845. The van der Waals surface area contributed by atoms with E-state index in [0.717, 1.165) is 15.5 Å². The maximum absolute atomic E-state index is 9.77. The van der Waals surface area contributed by atoms with Crippen LogP contribution in [0.4, 0.5) is 0 Å². The molecule has 0 aliphatic heterocycles. The van der Waals surface area contributed by atoms with Crippen molar-refractivity contribution in [3.05, 3.63) is 26.6 Å². The van der Waals surface area contributed by atoms with Gasteiger partial charge in [0.05, 0.1) is 8.95 Å². The van der Waals surface area contributed by atoms with Crippen LogP contribution in [-0.4, -0.2) is 11.1 Å². The first-order chi connectivity index (χ1) is 9.58. The molecule has 0 bridgehead atoms. The van der Waals surface area contributed by atoms with Gasteiger partial charge in [0.1, 0.15) is 5.75 Å². The smallest absolute Gasteiger partial charge is 0.143 e. The van der Waals surface area contributed by atoms with Crippen LogP contribution >= 0.6 is 31.9 Å².